The monoisotopic (exact) mass is 239 g/mol. The van der Waals surface area contributed by atoms with Crippen LogP contribution in [0.4, 0.5) is 0 Å². The zero-order chi connectivity index (χ0) is 12.0. The lowest BCUT2D eigenvalue weighted by atomic mass is 10.4. The van der Waals surface area contributed by atoms with Crippen LogP contribution in [0.5, 0.6) is 0 Å². The van der Waals surface area contributed by atoms with Crippen molar-refractivity contribution in [3.63, 3.8) is 0 Å². The van der Waals surface area contributed by atoms with Gasteiger partial charge in [-0.25, -0.2) is 0 Å². The summed E-state index contributed by atoms with van der Waals surface area (Å²) < 4.78 is 0. The van der Waals surface area contributed by atoms with Gasteiger partial charge >= 0.3 is 0 Å². The lowest BCUT2D eigenvalue weighted by Crippen LogP contribution is -2.36. The van der Waals surface area contributed by atoms with E-state index in [1.54, 1.807) is 0 Å². The summed E-state index contributed by atoms with van der Waals surface area (Å²) in [6, 6.07) is 5.92. The Morgan fingerprint density at radius 1 is 1.12 bits per heavy atom. The molecule has 1 rings (SSSR count). The first-order valence-corrected chi connectivity index (χ1v) is 9.81. The molecule has 0 spiro atoms. The molecule has 0 aromatic heterocycles. The molecule has 0 aromatic carbocycles. The predicted molar refractivity (Wildman–Crippen MR) is 76.8 cm³/mol. The molecule has 0 atom stereocenters. The van der Waals surface area contributed by atoms with Crippen molar-refractivity contribution in [3.8, 4) is 0 Å². The zero-order valence-corrected chi connectivity index (χ0v) is 12.5. The van der Waals surface area contributed by atoms with Gasteiger partial charge in [-0.2, -0.15) is 0 Å². The van der Waals surface area contributed by atoms with Gasteiger partial charge < -0.3 is 4.90 Å². The summed E-state index contributed by atoms with van der Waals surface area (Å²) in [5, 5.41) is 0. The van der Waals surface area contributed by atoms with Crippen molar-refractivity contribution in [1.29, 1.82) is 0 Å². The summed E-state index contributed by atoms with van der Waals surface area (Å²) in [5.74, 6) is 0. The molecular weight excluding hydrogens is 210 g/mol. The molecule has 1 aliphatic rings. The van der Waals surface area contributed by atoms with Crippen LogP contribution >= 0.6 is 0 Å². The van der Waals surface area contributed by atoms with Crippen LogP contribution < -0.4 is 0 Å². The number of hydrogen-bond donors (Lipinski definition) is 0. The van der Waals surface area contributed by atoms with Crippen molar-refractivity contribution in [3.05, 3.63) is 12.2 Å². The van der Waals surface area contributed by atoms with Gasteiger partial charge in [-0.15, -0.1) is 6.58 Å². The normalized spacial score (nSPS) is 16.4. The van der Waals surface area contributed by atoms with E-state index in [0.717, 1.165) is 0 Å². The Morgan fingerprint density at radius 2 is 1.69 bits per heavy atom. The molecule has 2 heteroatoms. The molecule has 1 aliphatic heterocycles. The van der Waals surface area contributed by atoms with Crippen LogP contribution in [0.1, 0.15) is 33.6 Å². The van der Waals surface area contributed by atoms with Gasteiger partial charge in [0.2, 0.25) is 0 Å². The molecule has 94 valence electrons. The molecule has 0 unspecified atom stereocenters. The largest absolute Gasteiger partial charge is 0.301 e. The summed E-state index contributed by atoms with van der Waals surface area (Å²) in [6.45, 7) is 15.2. The number of rotatable bonds is 9. The fourth-order valence-corrected chi connectivity index (χ4v) is 8.50. The molecule has 0 bridgehead atoms. The first-order chi connectivity index (χ1) is 7.62. The van der Waals surface area contributed by atoms with Crippen molar-refractivity contribution in [1.82, 2.24) is 4.90 Å². The molecular formula is C14H29NSi. The fourth-order valence-electron chi connectivity index (χ4n) is 3.03. The van der Waals surface area contributed by atoms with Crippen molar-refractivity contribution < 1.29 is 0 Å². The summed E-state index contributed by atoms with van der Waals surface area (Å²) in [7, 11) is -1.02. The first kappa shape index (κ1) is 14.0. The minimum absolute atomic E-state index is 1.02. The highest BCUT2D eigenvalue weighted by Crippen LogP contribution is 2.32. The van der Waals surface area contributed by atoms with E-state index in [9.17, 15) is 0 Å². The van der Waals surface area contributed by atoms with E-state index in [-0.39, 0.29) is 0 Å². The maximum atomic E-state index is 4.17. The van der Waals surface area contributed by atoms with Gasteiger partial charge in [-0.1, -0.05) is 44.4 Å². The molecule has 0 aliphatic carbocycles. The predicted octanol–water partition coefficient (Wildman–Crippen LogP) is 4.15. The average Bonchev–Trinajstić information content (AvgIpc) is 2.98. The summed E-state index contributed by atoms with van der Waals surface area (Å²) in [4.78, 5) is 2.59. The van der Waals surface area contributed by atoms with Crippen LogP contribution in [-0.4, -0.2) is 32.6 Å². The third-order valence-corrected chi connectivity index (χ3v) is 9.49. The summed E-state index contributed by atoms with van der Waals surface area (Å²) in [5.41, 5.74) is 1.43. The van der Waals surface area contributed by atoms with Crippen LogP contribution in [0.3, 0.4) is 0 Å². The van der Waals surface area contributed by atoms with Gasteiger partial charge in [0.25, 0.3) is 0 Å². The maximum absolute atomic E-state index is 4.17. The molecule has 1 fully saturated rings. The molecule has 1 saturated heterocycles. The van der Waals surface area contributed by atoms with Crippen LogP contribution in [0.2, 0.25) is 24.2 Å². The average molecular weight is 239 g/mol. The topological polar surface area (TPSA) is 3.01 Å². The molecule has 1 heterocycles. The van der Waals surface area contributed by atoms with Gasteiger partial charge in [0, 0.05) is 13.1 Å². The van der Waals surface area contributed by atoms with Gasteiger partial charge in [-0.3, -0.25) is 0 Å². The first-order valence-electron chi connectivity index (χ1n) is 6.98. The highest BCUT2D eigenvalue weighted by atomic mass is 28.3. The summed E-state index contributed by atoms with van der Waals surface area (Å²) in [6.07, 6.45) is 2.75. The molecule has 0 saturated carbocycles. The van der Waals surface area contributed by atoms with Crippen LogP contribution in [-0.2, 0) is 0 Å². The van der Waals surface area contributed by atoms with E-state index in [0.29, 0.717) is 0 Å². The third kappa shape index (κ3) is 4.83. The smallest absolute Gasteiger partial charge is 0.0588 e. The Hall–Kier alpha value is -0.0831. The molecule has 0 radical (unpaired) electrons. The molecule has 0 N–H and O–H groups in total. The van der Waals surface area contributed by atoms with E-state index < -0.39 is 8.07 Å². The Balaban J connectivity index is 2.54. The fraction of sp³-hybridized carbons (Fsp3) is 0.857. The van der Waals surface area contributed by atoms with Crippen LogP contribution in [0.15, 0.2) is 12.2 Å². The third-order valence-electron chi connectivity index (χ3n) is 3.74. The quantitative estimate of drug-likeness (QED) is 0.332. The Labute approximate surface area is 103 Å². The zero-order valence-electron chi connectivity index (χ0n) is 11.5. The van der Waals surface area contributed by atoms with E-state index in [4.69, 9.17) is 0 Å². The van der Waals surface area contributed by atoms with Crippen molar-refractivity contribution in [2.75, 3.05) is 19.6 Å². The Kier molecular flexibility index (Phi) is 5.77. The van der Waals surface area contributed by atoms with Crippen LogP contribution in [0, 0.1) is 0 Å². The van der Waals surface area contributed by atoms with E-state index in [1.807, 2.05) is 0 Å². The van der Waals surface area contributed by atoms with Gasteiger partial charge in [-0.05, 0) is 25.6 Å². The molecule has 0 aromatic rings. The molecule has 0 amide bonds. The second-order valence-corrected chi connectivity index (χ2v) is 10.6. The van der Waals surface area contributed by atoms with Crippen molar-refractivity contribution >= 4 is 8.07 Å². The molecule has 16 heavy (non-hydrogen) atoms. The molecule has 1 nitrogen and oxygen atoms in total. The minimum Gasteiger partial charge on any atom is -0.301 e. The highest BCUT2D eigenvalue weighted by molar-refractivity contribution is 6.80. The summed E-state index contributed by atoms with van der Waals surface area (Å²) >= 11 is 0. The van der Waals surface area contributed by atoms with E-state index in [2.05, 4.69) is 32.3 Å². The number of nitrogens with zero attached hydrogens (tertiary/aromatic N) is 1. The lowest BCUT2D eigenvalue weighted by molar-refractivity contribution is 0.586. The highest BCUT2D eigenvalue weighted by Gasteiger charge is 2.32. The van der Waals surface area contributed by atoms with Gasteiger partial charge in [0.05, 0.1) is 8.07 Å². The van der Waals surface area contributed by atoms with E-state index in [1.165, 1.54) is 62.2 Å². The number of hydrogen-bond acceptors (Lipinski definition) is 1. The Morgan fingerprint density at radius 3 is 2.06 bits per heavy atom. The van der Waals surface area contributed by atoms with Crippen molar-refractivity contribution in [2.45, 2.75) is 57.8 Å². The maximum Gasteiger partial charge on any atom is 0.0588 e. The van der Waals surface area contributed by atoms with Crippen molar-refractivity contribution in [2.24, 2.45) is 0 Å². The van der Waals surface area contributed by atoms with Crippen LogP contribution in [0.25, 0.3) is 0 Å². The Bertz CT molecular complexity index is 215. The second kappa shape index (κ2) is 6.60. The minimum atomic E-state index is -1.02. The van der Waals surface area contributed by atoms with E-state index >= 15 is 0 Å². The standard InChI is InChI=1S/C14H29NSi/c1-5-10-16(11-6-2,13-14(3)4)12-9-15-7-8-15/h3,5-13H2,1-2,4H3. The SMILES string of the molecule is C=C(C)C[Si](CCC)(CCC)CCN1CC1. The van der Waals surface area contributed by atoms with Gasteiger partial charge in [0.1, 0.15) is 0 Å². The lowest BCUT2D eigenvalue weighted by Gasteiger charge is -2.32. The second-order valence-electron chi connectivity index (χ2n) is 5.73. The van der Waals surface area contributed by atoms with Gasteiger partial charge in [0.15, 0.2) is 0 Å². The number of allylic oxidation sites excluding steroid dienone is 1.